The molecule has 0 bridgehead atoms. The number of hydrogen-bond acceptors (Lipinski definition) is 3. The van der Waals surface area contributed by atoms with Crippen LogP contribution in [0.25, 0.3) is 0 Å². The second kappa shape index (κ2) is 4.84. The van der Waals surface area contributed by atoms with E-state index in [1.807, 2.05) is 12.1 Å². The summed E-state index contributed by atoms with van der Waals surface area (Å²) in [5.41, 5.74) is 4.06. The molecule has 2 aromatic carbocycles. The Labute approximate surface area is 119 Å². The number of phenols is 1. The van der Waals surface area contributed by atoms with Gasteiger partial charge in [-0.3, -0.25) is 0 Å². The molecule has 2 atom stereocenters. The van der Waals surface area contributed by atoms with Gasteiger partial charge < -0.3 is 15.1 Å². The summed E-state index contributed by atoms with van der Waals surface area (Å²) < 4.78 is 0. The topological polar surface area (TPSA) is 43.7 Å². The Morgan fingerprint density at radius 2 is 1.95 bits per heavy atom. The van der Waals surface area contributed by atoms with Crippen LogP contribution in [-0.4, -0.2) is 16.3 Å². The SMILES string of the molecule is CC(O)c1ccc(N2c3ccccc3CC2C)cc1O. The van der Waals surface area contributed by atoms with Crippen LogP contribution in [0.2, 0.25) is 0 Å². The molecule has 0 amide bonds. The molecule has 3 rings (SSSR count). The van der Waals surface area contributed by atoms with Gasteiger partial charge in [0, 0.05) is 29.0 Å². The minimum atomic E-state index is -0.660. The standard InChI is InChI=1S/C17H19NO2/c1-11-9-13-5-3-4-6-16(13)18(11)14-7-8-15(12(2)19)17(20)10-14/h3-8,10-12,19-20H,9H2,1-2H3. The van der Waals surface area contributed by atoms with E-state index >= 15 is 0 Å². The predicted molar refractivity (Wildman–Crippen MR) is 80.5 cm³/mol. The first-order chi connectivity index (χ1) is 9.58. The van der Waals surface area contributed by atoms with E-state index in [1.54, 1.807) is 19.1 Å². The third-order valence-electron chi connectivity index (χ3n) is 3.95. The van der Waals surface area contributed by atoms with Crippen LogP contribution in [0.15, 0.2) is 42.5 Å². The quantitative estimate of drug-likeness (QED) is 0.876. The summed E-state index contributed by atoms with van der Waals surface area (Å²) in [7, 11) is 0. The van der Waals surface area contributed by atoms with Crippen LogP contribution in [-0.2, 0) is 6.42 Å². The predicted octanol–water partition coefficient (Wildman–Crippen LogP) is 3.53. The van der Waals surface area contributed by atoms with E-state index in [9.17, 15) is 10.2 Å². The monoisotopic (exact) mass is 269 g/mol. The first-order valence-electron chi connectivity index (χ1n) is 6.96. The molecule has 0 spiro atoms. The van der Waals surface area contributed by atoms with E-state index in [2.05, 4.69) is 30.0 Å². The molecule has 0 saturated heterocycles. The van der Waals surface area contributed by atoms with E-state index < -0.39 is 6.10 Å². The summed E-state index contributed by atoms with van der Waals surface area (Å²) in [4.78, 5) is 2.24. The van der Waals surface area contributed by atoms with Gasteiger partial charge in [0.05, 0.1) is 6.10 Å². The first kappa shape index (κ1) is 13.0. The van der Waals surface area contributed by atoms with Crippen molar-refractivity contribution >= 4 is 11.4 Å². The molecule has 0 saturated carbocycles. The molecule has 0 radical (unpaired) electrons. The van der Waals surface area contributed by atoms with Gasteiger partial charge in [-0.15, -0.1) is 0 Å². The van der Waals surface area contributed by atoms with E-state index in [-0.39, 0.29) is 5.75 Å². The number of hydrogen-bond donors (Lipinski definition) is 2. The number of rotatable bonds is 2. The number of aliphatic hydroxyl groups is 1. The Morgan fingerprint density at radius 3 is 2.65 bits per heavy atom. The lowest BCUT2D eigenvalue weighted by Crippen LogP contribution is -2.23. The van der Waals surface area contributed by atoms with Crippen molar-refractivity contribution in [3.05, 3.63) is 53.6 Å². The average Bonchev–Trinajstić information content (AvgIpc) is 2.73. The second-order valence-electron chi connectivity index (χ2n) is 5.47. The van der Waals surface area contributed by atoms with Crippen LogP contribution in [0.3, 0.4) is 0 Å². The number of fused-ring (bicyclic) bond motifs is 1. The lowest BCUT2D eigenvalue weighted by molar-refractivity contribution is 0.195. The molecular weight excluding hydrogens is 250 g/mol. The van der Waals surface area contributed by atoms with E-state index in [1.165, 1.54) is 11.3 Å². The highest BCUT2D eigenvalue weighted by Gasteiger charge is 2.27. The molecule has 2 N–H and O–H groups in total. The largest absolute Gasteiger partial charge is 0.507 e. The number of aromatic hydroxyl groups is 1. The fraction of sp³-hybridized carbons (Fsp3) is 0.294. The van der Waals surface area contributed by atoms with Crippen LogP contribution >= 0.6 is 0 Å². The molecule has 3 nitrogen and oxygen atoms in total. The summed E-state index contributed by atoms with van der Waals surface area (Å²) >= 11 is 0. The van der Waals surface area contributed by atoms with Crippen molar-refractivity contribution < 1.29 is 10.2 Å². The molecular formula is C17H19NO2. The Hall–Kier alpha value is -2.00. The highest BCUT2D eigenvalue weighted by molar-refractivity contribution is 5.72. The molecule has 1 aliphatic rings. The molecule has 1 heterocycles. The second-order valence-corrected chi connectivity index (χ2v) is 5.47. The average molecular weight is 269 g/mol. The van der Waals surface area contributed by atoms with Gasteiger partial charge in [-0.2, -0.15) is 0 Å². The smallest absolute Gasteiger partial charge is 0.123 e. The van der Waals surface area contributed by atoms with Crippen LogP contribution < -0.4 is 4.90 Å². The molecule has 0 aliphatic carbocycles. The van der Waals surface area contributed by atoms with Gasteiger partial charge in [0.2, 0.25) is 0 Å². The Morgan fingerprint density at radius 1 is 1.20 bits per heavy atom. The van der Waals surface area contributed by atoms with Gasteiger partial charge in [0.1, 0.15) is 5.75 Å². The molecule has 1 aliphatic heterocycles. The number of aliphatic hydroxyl groups excluding tert-OH is 1. The summed E-state index contributed by atoms with van der Waals surface area (Å²) in [5.74, 6) is 0.147. The number of nitrogens with zero attached hydrogens (tertiary/aromatic N) is 1. The first-order valence-corrected chi connectivity index (χ1v) is 6.96. The molecule has 104 valence electrons. The fourth-order valence-electron chi connectivity index (χ4n) is 2.99. The fourth-order valence-corrected chi connectivity index (χ4v) is 2.99. The van der Waals surface area contributed by atoms with Crippen molar-refractivity contribution in [2.24, 2.45) is 0 Å². The zero-order chi connectivity index (χ0) is 14.3. The van der Waals surface area contributed by atoms with Gasteiger partial charge in [0.25, 0.3) is 0 Å². The maximum absolute atomic E-state index is 10.1. The minimum Gasteiger partial charge on any atom is -0.507 e. The van der Waals surface area contributed by atoms with Crippen LogP contribution in [0.1, 0.15) is 31.1 Å². The minimum absolute atomic E-state index is 0.147. The summed E-state index contributed by atoms with van der Waals surface area (Å²) in [6, 6.07) is 14.2. The van der Waals surface area contributed by atoms with Crippen molar-refractivity contribution in [3.63, 3.8) is 0 Å². The normalized spacial score (nSPS) is 18.9. The summed E-state index contributed by atoms with van der Waals surface area (Å²) in [6.45, 7) is 3.84. The summed E-state index contributed by atoms with van der Waals surface area (Å²) in [5, 5.41) is 19.7. The van der Waals surface area contributed by atoms with Crippen molar-refractivity contribution in [2.45, 2.75) is 32.4 Å². The Kier molecular flexibility index (Phi) is 3.14. The van der Waals surface area contributed by atoms with E-state index in [4.69, 9.17) is 0 Å². The van der Waals surface area contributed by atoms with E-state index in [0.717, 1.165) is 12.1 Å². The van der Waals surface area contributed by atoms with Crippen molar-refractivity contribution in [3.8, 4) is 5.75 Å². The van der Waals surface area contributed by atoms with Crippen LogP contribution in [0.4, 0.5) is 11.4 Å². The number of benzene rings is 2. The Bertz CT molecular complexity index is 637. The van der Waals surface area contributed by atoms with Gasteiger partial charge in [-0.1, -0.05) is 24.3 Å². The zero-order valence-corrected chi connectivity index (χ0v) is 11.7. The highest BCUT2D eigenvalue weighted by atomic mass is 16.3. The maximum Gasteiger partial charge on any atom is 0.123 e. The van der Waals surface area contributed by atoms with Crippen molar-refractivity contribution in [2.75, 3.05) is 4.90 Å². The molecule has 2 aromatic rings. The lowest BCUT2D eigenvalue weighted by Gasteiger charge is -2.25. The van der Waals surface area contributed by atoms with Gasteiger partial charge in [-0.05, 0) is 38.0 Å². The Balaban J connectivity index is 2.03. The number of phenolic OH excluding ortho intramolecular Hbond substituents is 1. The number of anilines is 2. The van der Waals surface area contributed by atoms with Crippen molar-refractivity contribution in [1.29, 1.82) is 0 Å². The van der Waals surface area contributed by atoms with Gasteiger partial charge in [0.15, 0.2) is 0 Å². The summed E-state index contributed by atoms with van der Waals surface area (Å²) in [6.07, 6.45) is 0.349. The highest BCUT2D eigenvalue weighted by Crippen LogP contribution is 2.40. The number of para-hydroxylation sites is 1. The van der Waals surface area contributed by atoms with Crippen molar-refractivity contribution in [1.82, 2.24) is 0 Å². The third kappa shape index (κ3) is 2.04. The molecule has 3 heteroatoms. The zero-order valence-electron chi connectivity index (χ0n) is 11.7. The van der Waals surface area contributed by atoms with Gasteiger partial charge >= 0.3 is 0 Å². The van der Waals surface area contributed by atoms with E-state index in [0.29, 0.717) is 11.6 Å². The lowest BCUT2D eigenvalue weighted by atomic mass is 10.1. The van der Waals surface area contributed by atoms with Crippen LogP contribution in [0, 0.1) is 0 Å². The molecule has 0 fully saturated rings. The molecule has 0 aromatic heterocycles. The van der Waals surface area contributed by atoms with Crippen LogP contribution in [0.5, 0.6) is 5.75 Å². The third-order valence-corrected chi connectivity index (χ3v) is 3.95. The molecule has 20 heavy (non-hydrogen) atoms. The van der Waals surface area contributed by atoms with Gasteiger partial charge in [-0.25, -0.2) is 0 Å². The maximum atomic E-state index is 10.1. The molecule has 2 unspecified atom stereocenters.